The minimum Gasteiger partial charge on any atom is -0.366 e. The van der Waals surface area contributed by atoms with E-state index in [9.17, 15) is 4.79 Å². The number of hydrogen-bond donors (Lipinski definition) is 2. The molecule has 2 rings (SSSR count). The van der Waals surface area contributed by atoms with Crippen molar-refractivity contribution in [2.45, 2.75) is 6.54 Å². The van der Waals surface area contributed by atoms with Gasteiger partial charge in [-0.2, -0.15) is 0 Å². The Bertz CT molecular complexity index is 538. The number of amides is 1. The van der Waals surface area contributed by atoms with Gasteiger partial charge in [0.25, 0.3) is 0 Å². The summed E-state index contributed by atoms with van der Waals surface area (Å²) in [7, 11) is 0. The highest BCUT2D eigenvalue weighted by Gasteiger charge is 2.08. The van der Waals surface area contributed by atoms with Crippen LogP contribution in [-0.4, -0.2) is 5.91 Å². The Labute approximate surface area is 112 Å². The monoisotopic (exact) mass is 262 g/mol. The molecule has 0 atom stereocenters. The standard InChI is InChI=1S/C14H14N2O.ClH/c15-9-10-5-7-11(8-6-10)12-3-1-2-4-13(12)14(16)17;/h1-8H,9,15H2,(H2,16,17);1H. The van der Waals surface area contributed by atoms with Crippen molar-refractivity contribution >= 4 is 18.3 Å². The van der Waals surface area contributed by atoms with Crippen molar-refractivity contribution in [1.29, 1.82) is 0 Å². The fourth-order valence-electron chi connectivity index (χ4n) is 1.77. The topological polar surface area (TPSA) is 69.1 Å². The van der Waals surface area contributed by atoms with E-state index in [1.165, 1.54) is 0 Å². The van der Waals surface area contributed by atoms with Gasteiger partial charge in [-0.15, -0.1) is 12.4 Å². The van der Waals surface area contributed by atoms with Gasteiger partial charge in [0.2, 0.25) is 5.91 Å². The molecule has 94 valence electrons. The number of carbonyl (C=O) groups is 1. The molecule has 3 nitrogen and oxygen atoms in total. The van der Waals surface area contributed by atoms with Gasteiger partial charge in [0, 0.05) is 12.1 Å². The second kappa shape index (κ2) is 6.19. The van der Waals surface area contributed by atoms with Crippen LogP contribution in [0.2, 0.25) is 0 Å². The van der Waals surface area contributed by atoms with Crippen LogP contribution in [0, 0.1) is 0 Å². The van der Waals surface area contributed by atoms with Crippen LogP contribution in [0.4, 0.5) is 0 Å². The summed E-state index contributed by atoms with van der Waals surface area (Å²) in [5, 5.41) is 0. The molecule has 0 aliphatic carbocycles. The number of primary amides is 1. The molecule has 0 saturated carbocycles. The Balaban J connectivity index is 0.00000162. The van der Waals surface area contributed by atoms with Gasteiger partial charge in [-0.05, 0) is 22.8 Å². The van der Waals surface area contributed by atoms with Crippen LogP contribution in [0.5, 0.6) is 0 Å². The van der Waals surface area contributed by atoms with Crippen LogP contribution in [0.1, 0.15) is 15.9 Å². The molecule has 0 aliphatic rings. The van der Waals surface area contributed by atoms with Gasteiger partial charge in [0.05, 0.1) is 0 Å². The molecule has 1 amide bonds. The Kier molecular flexibility index (Phi) is 4.89. The zero-order chi connectivity index (χ0) is 12.3. The van der Waals surface area contributed by atoms with Crippen LogP contribution in [0.15, 0.2) is 48.5 Å². The van der Waals surface area contributed by atoms with Crippen molar-refractivity contribution in [3.8, 4) is 11.1 Å². The zero-order valence-electron chi connectivity index (χ0n) is 9.80. The third kappa shape index (κ3) is 2.88. The Morgan fingerprint density at radius 1 is 1.00 bits per heavy atom. The zero-order valence-corrected chi connectivity index (χ0v) is 10.6. The fraction of sp³-hybridized carbons (Fsp3) is 0.0714. The lowest BCUT2D eigenvalue weighted by molar-refractivity contribution is 0.100. The number of nitrogens with two attached hydrogens (primary N) is 2. The number of rotatable bonds is 3. The van der Waals surface area contributed by atoms with Gasteiger partial charge in [0.15, 0.2) is 0 Å². The van der Waals surface area contributed by atoms with Crippen molar-refractivity contribution in [1.82, 2.24) is 0 Å². The Morgan fingerprint density at radius 3 is 2.17 bits per heavy atom. The van der Waals surface area contributed by atoms with Gasteiger partial charge in [0.1, 0.15) is 0 Å². The van der Waals surface area contributed by atoms with Gasteiger partial charge < -0.3 is 11.5 Å². The quantitative estimate of drug-likeness (QED) is 0.891. The maximum absolute atomic E-state index is 11.3. The third-order valence-electron chi connectivity index (χ3n) is 2.69. The van der Waals surface area contributed by atoms with E-state index >= 15 is 0 Å². The van der Waals surface area contributed by atoms with E-state index in [4.69, 9.17) is 11.5 Å². The van der Waals surface area contributed by atoms with Crippen LogP contribution in [-0.2, 0) is 6.54 Å². The summed E-state index contributed by atoms with van der Waals surface area (Å²) in [6.45, 7) is 0.512. The largest absolute Gasteiger partial charge is 0.366 e. The second-order valence-corrected chi connectivity index (χ2v) is 3.81. The minimum atomic E-state index is -0.413. The fourth-order valence-corrected chi connectivity index (χ4v) is 1.77. The molecule has 0 bridgehead atoms. The predicted molar refractivity (Wildman–Crippen MR) is 75.5 cm³/mol. The molecule has 0 aromatic heterocycles. The van der Waals surface area contributed by atoms with Crippen molar-refractivity contribution in [3.05, 3.63) is 59.7 Å². The van der Waals surface area contributed by atoms with Gasteiger partial charge in [-0.25, -0.2) is 0 Å². The number of benzene rings is 2. The van der Waals surface area contributed by atoms with Gasteiger partial charge in [-0.1, -0.05) is 42.5 Å². The summed E-state index contributed by atoms with van der Waals surface area (Å²) in [5.41, 5.74) is 14.3. The average molecular weight is 263 g/mol. The molecular weight excluding hydrogens is 248 g/mol. The highest BCUT2D eigenvalue weighted by Crippen LogP contribution is 2.23. The van der Waals surface area contributed by atoms with Crippen molar-refractivity contribution in [2.75, 3.05) is 0 Å². The lowest BCUT2D eigenvalue weighted by atomic mass is 9.98. The lowest BCUT2D eigenvalue weighted by Gasteiger charge is -2.07. The second-order valence-electron chi connectivity index (χ2n) is 3.81. The summed E-state index contributed by atoms with van der Waals surface area (Å²) in [6.07, 6.45) is 0. The van der Waals surface area contributed by atoms with Gasteiger partial charge >= 0.3 is 0 Å². The van der Waals surface area contributed by atoms with Crippen LogP contribution in [0.25, 0.3) is 11.1 Å². The van der Waals surface area contributed by atoms with Crippen LogP contribution in [0.3, 0.4) is 0 Å². The molecule has 0 radical (unpaired) electrons. The number of carbonyl (C=O) groups excluding carboxylic acids is 1. The van der Waals surface area contributed by atoms with Crippen molar-refractivity contribution in [2.24, 2.45) is 11.5 Å². The van der Waals surface area contributed by atoms with E-state index < -0.39 is 5.91 Å². The summed E-state index contributed by atoms with van der Waals surface area (Å²) in [4.78, 5) is 11.3. The molecule has 2 aromatic rings. The molecule has 2 aromatic carbocycles. The van der Waals surface area contributed by atoms with Crippen LogP contribution >= 0.6 is 12.4 Å². The smallest absolute Gasteiger partial charge is 0.249 e. The van der Waals surface area contributed by atoms with Crippen molar-refractivity contribution in [3.63, 3.8) is 0 Å². The normalized spacial score (nSPS) is 9.61. The van der Waals surface area contributed by atoms with Crippen molar-refractivity contribution < 1.29 is 4.79 Å². The molecule has 0 unspecified atom stereocenters. The molecule has 18 heavy (non-hydrogen) atoms. The number of hydrogen-bond acceptors (Lipinski definition) is 2. The summed E-state index contributed by atoms with van der Waals surface area (Å²) < 4.78 is 0. The maximum atomic E-state index is 11.3. The summed E-state index contributed by atoms with van der Waals surface area (Å²) in [6, 6.07) is 15.1. The predicted octanol–water partition coefficient (Wildman–Crippen LogP) is 2.33. The lowest BCUT2D eigenvalue weighted by Crippen LogP contribution is -2.12. The maximum Gasteiger partial charge on any atom is 0.249 e. The molecule has 0 aliphatic heterocycles. The first-order chi connectivity index (χ1) is 8.22. The third-order valence-corrected chi connectivity index (χ3v) is 2.69. The van der Waals surface area contributed by atoms with E-state index in [0.29, 0.717) is 12.1 Å². The first-order valence-corrected chi connectivity index (χ1v) is 5.40. The Morgan fingerprint density at radius 2 is 1.61 bits per heavy atom. The SMILES string of the molecule is Cl.NCc1ccc(-c2ccccc2C(N)=O)cc1. The van der Waals surface area contributed by atoms with E-state index in [1.54, 1.807) is 12.1 Å². The van der Waals surface area contributed by atoms with Gasteiger partial charge in [-0.3, -0.25) is 4.79 Å². The molecule has 4 heteroatoms. The van der Waals surface area contributed by atoms with E-state index in [-0.39, 0.29) is 12.4 Å². The van der Waals surface area contributed by atoms with E-state index in [1.807, 2.05) is 36.4 Å². The first kappa shape index (κ1) is 14.2. The molecule has 0 spiro atoms. The first-order valence-electron chi connectivity index (χ1n) is 5.40. The minimum absolute atomic E-state index is 0. The Hall–Kier alpha value is -1.84. The average Bonchev–Trinajstić information content (AvgIpc) is 2.39. The summed E-state index contributed by atoms with van der Waals surface area (Å²) >= 11 is 0. The van der Waals surface area contributed by atoms with E-state index in [0.717, 1.165) is 16.7 Å². The highest BCUT2D eigenvalue weighted by atomic mass is 35.5. The molecular formula is C14H15ClN2O. The van der Waals surface area contributed by atoms with Crippen LogP contribution < -0.4 is 11.5 Å². The molecule has 0 fully saturated rings. The van der Waals surface area contributed by atoms with E-state index in [2.05, 4.69) is 0 Å². The molecule has 0 heterocycles. The number of halogens is 1. The molecule has 0 saturated heterocycles. The highest BCUT2D eigenvalue weighted by molar-refractivity contribution is 5.99. The summed E-state index contributed by atoms with van der Waals surface area (Å²) in [5.74, 6) is -0.413. The molecule has 4 N–H and O–H groups in total.